The maximum Gasteiger partial charge on any atom is 0.391 e. The average molecular weight is 331 g/mol. The average Bonchev–Trinajstić information content (AvgIpc) is 3.08. The summed E-state index contributed by atoms with van der Waals surface area (Å²) in [6.45, 7) is 0.608. The van der Waals surface area contributed by atoms with E-state index in [9.17, 15) is 18.0 Å². The molecule has 2 heterocycles. The van der Waals surface area contributed by atoms with Crippen molar-refractivity contribution in [3.63, 3.8) is 0 Å². The Morgan fingerprint density at radius 2 is 1.91 bits per heavy atom. The van der Waals surface area contributed by atoms with Crippen LogP contribution in [0, 0.1) is 11.8 Å². The van der Waals surface area contributed by atoms with Gasteiger partial charge in [-0.3, -0.25) is 4.79 Å². The summed E-state index contributed by atoms with van der Waals surface area (Å²) in [5, 5.41) is 3.83. The number of carbonyl (C=O) groups excluding carboxylic acids is 1. The van der Waals surface area contributed by atoms with Gasteiger partial charge in [0.25, 0.3) is 0 Å². The van der Waals surface area contributed by atoms with E-state index in [4.69, 9.17) is 4.52 Å². The molecule has 1 atom stereocenters. The normalized spacial score (nSPS) is 29.5. The Kier molecular flexibility index (Phi) is 4.59. The van der Waals surface area contributed by atoms with Crippen LogP contribution < -0.4 is 0 Å². The van der Waals surface area contributed by atoms with Crippen LogP contribution in [0.4, 0.5) is 13.2 Å². The number of halogens is 3. The third kappa shape index (κ3) is 3.50. The van der Waals surface area contributed by atoms with Crippen molar-refractivity contribution in [1.82, 2.24) is 15.0 Å². The Labute approximate surface area is 132 Å². The highest BCUT2D eigenvalue weighted by molar-refractivity contribution is 5.79. The monoisotopic (exact) mass is 331 g/mol. The number of hydrogen-bond acceptors (Lipinski definition) is 4. The van der Waals surface area contributed by atoms with Crippen LogP contribution in [0.5, 0.6) is 0 Å². The van der Waals surface area contributed by atoms with Gasteiger partial charge in [-0.25, -0.2) is 0 Å². The van der Waals surface area contributed by atoms with E-state index >= 15 is 0 Å². The fourth-order valence-corrected chi connectivity index (χ4v) is 3.69. The van der Waals surface area contributed by atoms with Gasteiger partial charge in [0, 0.05) is 12.5 Å². The zero-order valence-corrected chi connectivity index (χ0v) is 12.8. The van der Waals surface area contributed by atoms with Gasteiger partial charge < -0.3 is 9.42 Å². The molecule has 1 aliphatic heterocycles. The fourth-order valence-electron chi connectivity index (χ4n) is 3.69. The third-order valence-electron chi connectivity index (χ3n) is 5.00. The molecule has 2 fully saturated rings. The summed E-state index contributed by atoms with van der Waals surface area (Å²) >= 11 is 0. The summed E-state index contributed by atoms with van der Waals surface area (Å²) in [5.41, 5.74) is 0. The predicted molar refractivity (Wildman–Crippen MR) is 74.1 cm³/mol. The lowest BCUT2D eigenvalue weighted by molar-refractivity contribution is -0.185. The highest BCUT2D eigenvalue weighted by Crippen LogP contribution is 2.41. The van der Waals surface area contributed by atoms with E-state index in [2.05, 4.69) is 10.1 Å². The van der Waals surface area contributed by atoms with Crippen LogP contribution in [0.25, 0.3) is 0 Å². The molecule has 23 heavy (non-hydrogen) atoms. The number of piperidine rings is 1. The molecule has 1 amide bonds. The molecule has 2 aliphatic rings. The number of hydrogen-bond donors (Lipinski definition) is 0. The van der Waals surface area contributed by atoms with Crippen molar-refractivity contribution in [1.29, 1.82) is 0 Å². The molecule has 5 nitrogen and oxygen atoms in total. The van der Waals surface area contributed by atoms with Crippen molar-refractivity contribution in [3.05, 3.63) is 12.2 Å². The lowest BCUT2D eigenvalue weighted by atomic mass is 9.80. The minimum Gasteiger partial charge on any atom is -0.343 e. The largest absolute Gasteiger partial charge is 0.391 e. The molecular weight excluding hydrogens is 311 g/mol. The number of likely N-dealkylation sites (tertiary alicyclic amines) is 1. The Bertz CT molecular complexity index is 525. The van der Waals surface area contributed by atoms with E-state index in [-0.39, 0.29) is 30.7 Å². The second-order valence-corrected chi connectivity index (χ2v) is 6.42. The summed E-state index contributed by atoms with van der Waals surface area (Å²) in [6.07, 6.45) is 0.427. The topological polar surface area (TPSA) is 59.2 Å². The molecule has 0 aromatic carbocycles. The summed E-state index contributed by atoms with van der Waals surface area (Å²) in [5.74, 6) is -1.15. The van der Waals surface area contributed by atoms with E-state index < -0.39 is 12.1 Å². The standard InChI is InChI=1S/C15H20F3N3O2/c16-15(17,18)11-6-4-10(5-7-11)14(22)21-8-2-1-3-12(21)13-19-9-23-20-13/h9-12H,1-8H2. The first kappa shape index (κ1) is 16.3. The van der Waals surface area contributed by atoms with Crippen LogP contribution in [0.1, 0.15) is 56.8 Å². The lowest BCUT2D eigenvalue weighted by Gasteiger charge is -2.38. The molecule has 8 heteroatoms. The molecule has 0 spiro atoms. The van der Waals surface area contributed by atoms with Crippen molar-refractivity contribution in [3.8, 4) is 0 Å². The number of rotatable bonds is 2. The molecule has 0 radical (unpaired) electrons. The molecule has 0 N–H and O–H groups in total. The van der Waals surface area contributed by atoms with Crippen molar-refractivity contribution in [2.75, 3.05) is 6.54 Å². The van der Waals surface area contributed by atoms with Gasteiger partial charge in [0.1, 0.15) is 0 Å². The van der Waals surface area contributed by atoms with Crippen LogP contribution in [0.3, 0.4) is 0 Å². The number of amides is 1. The van der Waals surface area contributed by atoms with Crippen molar-refractivity contribution >= 4 is 5.91 Å². The first-order valence-corrected chi connectivity index (χ1v) is 8.10. The Balaban J connectivity index is 1.65. The Hall–Kier alpha value is -1.60. The molecule has 128 valence electrons. The van der Waals surface area contributed by atoms with Gasteiger partial charge >= 0.3 is 6.18 Å². The van der Waals surface area contributed by atoms with Crippen LogP contribution >= 0.6 is 0 Å². The van der Waals surface area contributed by atoms with Gasteiger partial charge in [0.2, 0.25) is 12.3 Å². The van der Waals surface area contributed by atoms with Gasteiger partial charge in [-0.1, -0.05) is 5.16 Å². The first-order valence-electron chi connectivity index (χ1n) is 8.10. The highest BCUT2D eigenvalue weighted by atomic mass is 19.4. The number of aromatic nitrogens is 2. The van der Waals surface area contributed by atoms with E-state index in [0.29, 0.717) is 25.2 Å². The molecule has 1 unspecified atom stereocenters. The van der Waals surface area contributed by atoms with Crippen molar-refractivity contribution < 1.29 is 22.5 Å². The quantitative estimate of drug-likeness (QED) is 0.832. The van der Waals surface area contributed by atoms with E-state index in [1.165, 1.54) is 6.39 Å². The van der Waals surface area contributed by atoms with Crippen molar-refractivity contribution in [2.24, 2.45) is 11.8 Å². The third-order valence-corrected chi connectivity index (χ3v) is 5.00. The second kappa shape index (κ2) is 6.49. The Morgan fingerprint density at radius 1 is 1.17 bits per heavy atom. The maximum atomic E-state index is 12.8. The SMILES string of the molecule is O=C(C1CCC(C(F)(F)F)CC1)N1CCCCC1c1ncon1. The fraction of sp³-hybridized carbons (Fsp3) is 0.800. The van der Waals surface area contributed by atoms with Gasteiger partial charge in [-0.15, -0.1) is 0 Å². The zero-order chi connectivity index (χ0) is 16.4. The van der Waals surface area contributed by atoms with Gasteiger partial charge in [0.05, 0.1) is 12.0 Å². The van der Waals surface area contributed by atoms with Crippen LogP contribution in [0.2, 0.25) is 0 Å². The predicted octanol–water partition coefficient (Wildman–Crippen LogP) is 3.49. The number of alkyl halides is 3. The number of nitrogens with zero attached hydrogens (tertiary/aromatic N) is 3. The minimum atomic E-state index is -4.15. The van der Waals surface area contributed by atoms with Gasteiger partial charge in [0.15, 0.2) is 5.82 Å². The van der Waals surface area contributed by atoms with Crippen LogP contribution in [0.15, 0.2) is 10.9 Å². The smallest absolute Gasteiger partial charge is 0.343 e. The molecule has 3 rings (SSSR count). The molecule has 1 aromatic rings. The van der Waals surface area contributed by atoms with Gasteiger partial charge in [-0.2, -0.15) is 18.2 Å². The van der Waals surface area contributed by atoms with E-state index in [0.717, 1.165) is 19.3 Å². The maximum absolute atomic E-state index is 12.8. The summed E-state index contributed by atoms with van der Waals surface area (Å²) < 4.78 is 43.0. The first-order chi connectivity index (χ1) is 11.0. The summed E-state index contributed by atoms with van der Waals surface area (Å²) in [4.78, 5) is 18.6. The van der Waals surface area contributed by atoms with Gasteiger partial charge in [-0.05, 0) is 44.9 Å². The molecule has 1 aliphatic carbocycles. The Morgan fingerprint density at radius 3 is 2.52 bits per heavy atom. The molecule has 0 bridgehead atoms. The minimum absolute atomic E-state index is 0.0423. The summed E-state index contributed by atoms with van der Waals surface area (Å²) in [6, 6.07) is -0.213. The van der Waals surface area contributed by atoms with Crippen LogP contribution in [-0.2, 0) is 4.79 Å². The van der Waals surface area contributed by atoms with Crippen LogP contribution in [-0.4, -0.2) is 33.7 Å². The second-order valence-electron chi connectivity index (χ2n) is 6.42. The van der Waals surface area contributed by atoms with Crippen molar-refractivity contribution in [2.45, 2.75) is 57.2 Å². The summed E-state index contributed by atoms with van der Waals surface area (Å²) in [7, 11) is 0. The zero-order valence-electron chi connectivity index (χ0n) is 12.8. The highest BCUT2D eigenvalue weighted by Gasteiger charge is 2.44. The van der Waals surface area contributed by atoms with E-state index in [1.54, 1.807) is 4.90 Å². The molecular formula is C15H20F3N3O2. The number of carbonyl (C=O) groups is 1. The molecule has 1 saturated carbocycles. The molecule has 1 saturated heterocycles. The lowest BCUT2D eigenvalue weighted by Crippen LogP contribution is -2.43. The molecule has 1 aromatic heterocycles. The van der Waals surface area contributed by atoms with E-state index in [1.807, 2.05) is 0 Å².